The van der Waals surface area contributed by atoms with Gasteiger partial charge in [0.2, 0.25) is 5.78 Å². The maximum Gasteiger partial charge on any atom is 0.260 e. The van der Waals surface area contributed by atoms with Gasteiger partial charge < -0.3 is 4.98 Å². The van der Waals surface area contributed by atoms with Gasteiger partial charge >= 0.3 is 0 Å². The maximum absolute atomic E-state index is 12.1. The molecule has 0 bridgehead atoms. The van der Waals surface area contributed by atoms with Gasteiger partial charge in [0.1, 0.15) is 12.1 Å². The number of fused-ring (bicyclic) bond motifs is 1. The third-order valence-electron chi connectivity index (χ3n) is 2.91. The summed E-state index contributed by atoms with van der Waals surface area (Å²) in [4.78, 5) is 19.1. The molecule has 0 saturated heterocycles. The van der Waals surface area contributed by atoms with E-state index in [0.29, 0.717) is 5.69 Å². The number of imidazole rings is 1. The Balaban J connectivity index is 2.36. The number of nitriles is 2. The monoisotopic (exact) mass is 261 g/mol. The molecule has 6 nitrogen and oxygen atoms in total. The highest BCUT2D eigenvalue weighted by molar-refractivity contribution is 5.61. The fourth-order valence-corrected chi connectivity index (χ4v) is 2.02. The summed E-state index contributed by atoms with van der Waals surface area (Å²) in [6.07, 6.45) is 0. The molecule has 0 fully saturated rings. The molecule has 94 valence electrons. The number of nitrogens with one attached hydrogen (secondary N) is 1. The Morgan fingerprint density at radius 2 is 1.90 bits per heavy atom. The van der Waals surface area contributed by atoms with Crippen molar-refractivity contribution < 1.29 is 0 Å². The lowest BCUT2D eigenvalue weighted by Gasteiger charge is -2.02. The highest BCUT2D eigenvalue weighted by Gasteiger charge is 2.15. The van der Waals surface area contributed by atoms with E-state index in [9.17, 15) is 4.79 Å². The Hall–Kier alpha value is -3.38. The molecule has 1 N–H and O–H groups in total. The van der Waals surface area contributed by atoms with Crippen LogP contribution in [0.1, 0.15) is 11.4 Å². The minimum absolute atomic E-state index is 0.0524. The summed E-state index contributed by atoms with van der Waals surface area (Å²) < 4.78 is 1.10. The fraction of sp³-hybridized carbons (Fsp3) is 0. The van der Waals surface area contributed by atoms with Gasteiger partial charge in [-0.2, -0.15) is 15.5 Å². The molecule has 0 atom stereocenters. The summed E-state index contributed by atoms with van der Waals surface area (Å²) in [5.41, 5.74) is 0.895. The van der Waals surface area contributed by atoms with E-state index in [-0.39, 0.29) is 17.2 Å². The number of aromatic amines is 1. The van der Waals surface area contributed by atoms with Crippen LogP contribution >= 0.6 is 0 Å². The van der Waals surface area contributed by atoms with Gasteiger partial charge in [0.05, 0.1) is 5.69 Å². The number of H-pyrrole nitrogens is 1. The van der Waals surface area contributed by atoms with Crippen molar-refractivity contribution in [2.75, 3.05) is 0 Å². The molecule has 0 aliphatic rings. The molecule has 0 saturated carbocycles. The van der Waals surface area contributed by atoms with Crippen molar-refractivity contribution in [3.05, 3.63) is 58.1 Å². The minimum atomic E-state index is -0.400. The average Bonchev–Trinajstić information content (AvgIpc) is 2.86. The lowest BCUT2D eigenvalue weighted by molar-refractivity contribution is 1.04. The molecular formula is C14H7N5O. The molecule has 0 aliphatic carbocycles. The second-order valence-corrected chi connectivity index (χ2v) is 4.08. The molecule has 6 heteroatoms. The summed E-state index contributed by atoms with van der Waals surface area (Å²) in [7, 11) is 0. The zero-order chi connectivity index (χ0) is 14.1. The SMILES string of the molecule is N#Cc1nc2[nH]c(-c3ccccc3)cc(=O)n2c1C#N. The van der Waals surface area contributed by atoms with Crippen LogP contribution in [0.2, 0.25) is 0 Å². The van der Waals surface area contributed by atoms with Crippen LogP contribution in [0.25, 0.3) is 17.0 Å². The first-order valence-electron chi connectivity index (χ1n) is 5.76. The fourth-order valence-electron chi connectivity index (χ4n) is 2.02. The van der Waals surface area contributed by atoms with Crippen LogP contribution in [0.15, 0.2) is 41.2 Å². The van der Waals surface area contributed by atoms with Crippen molar-refractivity contribution in [2.24, 2.45) is 0 Å². The van der Waals surface area contributed by atoms with Crippen LogP contribution in [0, 0.1) is 22.7 Å². The Morgan fingerprint density at radius 1 is 1.15 bits per heavy atom. The third kappa shape index (κ3) is 1.64. The second-order valence-electron chi connectivity index (χ2n) is 4.08. The number of hydrogen-bond donors (Lipinski definition) is 1. The molecule has 0 amide bonds. The molecule has 20 heavy (non-hydrogen) atoms. The average molecular weight is 261 g/mol. The molecule has 0 unspecified atom stereocenters. The molecule has 0 aliphatic heterocycles. The largest absolute Gasteiger partial charge is 0.324 e. The first kappa shape index (κ1) is 11.7. The zero-order valence-electron chi connectivity index (χ0n) is 10.2. The number of hydrogen-bond acceptors (Lipinski definition) is 4. The van der Waals surface area contributed by atoms with E-state index in [0.717, 1.165) is 9.96 Å². The summed E-state index contributed by atoms with van der Waals surface area (Å²) in [6, 6.07) is 14.3. The maximum atomic E-state index is 12.1. The highest BCUT2D eigenvalue weighted by Crippen LogP contribution is 2.16. The quantitative estimate of drug-likeness (QED) is 0.716. The first-order valence-corrected chi connectivity index (χ1v) is 5.76. The Kier molecular flexibility index (Phi) is 2.56. The Labute approximate surface area is 113 Å². The van der Waals surface area contributed by atoms with Crippen LogP contribution in [-0.4, -0.2) is 14.4 Å². The zero-order valence-corrected chi connectivity index (χ0v) is 10.2. The highest BCUT2D eigenvalue weighted by atomic mass is 16.1. The molecule has 3 rings (SSSR count). The van der Waals surface area contributed by atoms with Crippen LogP contribution < -0.4 is 5.56 Å². The van der Waals surface area contributed by atoms with Gasteiger partial charge in [-0.05, 0) is 5.56 Å². The van der Waals surface area contributed by atoms with Crippen molar-refractivity contribution in [3.8, 4) is 23.4 Å². The van der Waals surface area contributed by atoms with E-state index >= 15 is 0 Å². The van der Waals surface area contributed by atoms with E-state index in [1.807, 2.05) is 42.5 Å². The number of nitrogens with zero attached hydrogens (tertiary/aromatic N) is 4. The molecule has 1 aromatic carbocycles. The van der Waals surface area contributed by atoms with Gasteiger partial charge in [0.25, 0.3) is 5.56 Å². The number of rotatable bonds is 1. The minimum Gasteiger partial charge on any atom is -0.324 e. The molecule has 3 aromatic rings. The summed E-state index contributed by atoms with van der Waals surface area (Å²) in [5, 5.41) is 18.0. The topological polar surface area (TPSA) is 97.7 Å². The summed E-state index contributed by atoms with van der Waals surface area (Å²) >= 11 is 0. The lowest BCUT2D eigenvalue weighted by atomic mass is 10.1. The van der Waals surface area contributed by atoms with Gasteiger partial charge in [-0.15, -0.1) is 0 Å². The smallest absolute Gasteiger partial charge is 0.260 e. The van der Waals surface area contributed by atoms with Gasteiger partial charge in [0, 0.05) is 6.07 Å². The van der Waals surface area contributed by atoms with Crippen molar-refractivity contribution in [3.63, 3.8) is 0 Å². The predicted molar refractivity (Wildman–Crippen MR) is 70.7 cm³/mol. The lowest BCUT2D eigenvalue weighted by Crippen LogP contribution is -2.14. The summed E-state index contributed by atoms with van der Waals surface area (Å²) in [5.74, 6) is 0.185. The van der Waals surface area contributed by atoms with Crippen LogP contribution in [-0.2, 0) is 0 Å². The van der Waals surface area contributed by atoms with Crippen molar-refractivity contribution in [2.45, 2.75) is 0 Å². The number of aromatic nitrogens is 3. The first-order chi connectivity index (χ1) is 9.74. The van der Waals surface area contributed by atoms with Gasteiger partial charge in [0.15, 0.2) is 11.4 Å². The molecule has 2 aromatic heterocycles. The Morgan fingerprint density at radius 3 is 2.55 bits per heavy atom. The van der Waals surface area contributed by atoms with Crippen molar-refractivity contribution in [1.82, 2.24) is 14.4 Å². The standard InChI is InChI=1S/C14H7N5O/c15-7-11-12(8-16)19-13(20)6-10(17-14(19)18-11)9-4-2-1-3-5-9/h1-6H,(H,17,18). The van der Waals surface area contributed by atoms with Gasteiger partial charge in [-0.25, -0.2) is 4.40 Å². The second kappa shape index (κ2) is 4.38. The Bertz CT molecular complexity index is 938. The van der Waals surface area contributed by atoms with Crippen molar-refractivity contribution in [1.29, 1.82) is 10.5 Å². The molecule has 2 heterocycles. The third-order valence-corrected chi connectivity index (χ3v) is 2.91. The van der Waals surface area contributed by atoms with Crippen LogP contribution in [0.5, 0.6) is 0 Å². The predicted octanol–water partition coefficient (Wildman–Crippen LogP) is 1.43. The van der Waals surface area contributed by atoms with Crippen molar-refractivity contribution >= 4 is 5.78 Å². The van der Waals surface area contributed by atoms with E-state index < -0.39 is 5.56 Å². The van der Waals surface area contributed by atoms with Crippen LogP contribution in [0.4, 0.5) is 0 Å². The van der Waals surface area contributed by atoms with Gasteiger partial charge in [-0.1, -0.05) is 30.3 Å². The normalized spacial score (nSPS) is 10.1. The van der Waals surface area contributed by atoms with E-state index in [1.165, 1.54) is 6.07 Å². The molecule has 0 spiro atoms. The van der Waals surface area contributed by atoms with E-state index in [4.69, 9.17) is 10.5 Å². The van der Waals surface area contributed by atoms with Crippen LogP contribution in [0.3, 0.4) is 0 Å². The van der Waals surface area contributed by atoms with E-state index in [2.05, 4.69) is 9.97 Å². The molecule has 0 radical (unpaired) electrons. The number of benzene rings is 1. The summed E-state index contributed by atoms with van der Waals surface area (Å²) in [6.45, 7) is 0. The van der Waals surface area contributed by atoms with Gasteiger partial charge in [-0.3, -0.25) is 4.79 Å². The molecular weight excluding hydrogens is 254 g/mol. The van der Waals surface area contributed by atoms with E-state index in [1.54, 1.807) is 0 Å².